The van der Waals surface area contributed by atoms with Crippen molar-refractivity contribution in [2.45, 2.75) is 19.4 Å². The molecule has 1 aromatic heterocycles. The molecule has 1 aromatic rings. The molecule has 0 radical (unpaired) electrons. The third-order valence-electron chi connectivity index (χ3n) is 2.75. The Morgan fingerprint density at radius 1 is 1.53 bits per heavy atom. The molecule has 0 aliphatic heterocycles. The van der Waals surface area contributed by atoms with Crippen molar-refractivity contribution in [1.82, 2.24) is 9.88 Å². The van der Waals surface area contributed by atoms with E-state index in [9.17, 15) is 4.79 Å². The number of pyridine rings is 1. The van der Waals surface area contributed by atoms with E-state index < -0.39 is 5.97 Å². The van der Waals surface area contributed by atoms with Crippen molar-refractivity contribution >= 4 is 5.97 Å². The Labute approximate surface area is 101 Å². The average molecular weight is 238 g/mol. The van der Waals surface area contributed by atoms with E-state index in [4.69, 9.17) is 9.84 Å². The van der Waals surface area contributed by atoms with Gasteiger partial charge in [-0.3, -0.25) is 0 Å². The topological polar surface area (TPSA) is 62.7 Å². The number of likely N-dealkylation sites (N-methyl/N-ethyl adjacent to an activating group) is 1. The van der Waals surface area contributed by atoms with Gasteiger partial charge < -0.3 is 14.7 Å². The maximum atomic E-state index is 10.7. The SMILES string of the molecule is CN(C)C(C)(C)COc1ccnc(C(=O)O)c1. The molecule has 1 N–H and O–H groups in total. The number of nitrogens with zero attached hydrogens (tertiary/aromatic N) is 2. The number of carbonyl (C=O) groups is 1. The summed E-state index contributed by atoms with van der Waals surface area (Å²) in [6.07, 6.45) is 1.43. The van der Waals surface area contributed by atoms with E-state index in [1.54, 1.807) is 6.07 Å². The number of carboxylic acids is 1. The Balaban J connectivity index is 2.70. The highest BCUT2D eigenvalue weighted by Gasteiger charge is 2.21. The maximum absolute atomic E-state index is 10.7. The fourth-order valence-electron chi connectivity index (χ4n) is 1.01. The molecule has 0 saturated carbocycles. The monoisotopic (exact) mass is 238 g/mol. The summed E-state index contributed by atoms with van der Waals surface area (Å²) in [7, 11) is 3.94. The summed E-state index contributed by atoms with van der Waals surface area (Å²) in [5.74, 6) is -0.533. The molecule has 0 aromatic carbocycles. The van der Waals surface area contributed by atoms with E-state index in [0.29, 0.717) is 12.4 Å². The van der Waals surface area contributed by atoms with Crippen molar-refractivity contribution < 1.29 is 14.6 Å². The summed E-state index contributed by atoms with van der Waals surface area (Å²) in [5, 5.41) is 8.80. The van der Waals surface area contributed by atoms with Crippen LogP contribution in [0.25, 0.3) is 0 Å². The van der Waals surface area contributed by atoms with Gasteiger partial charge in [0.15, 0.2) is 5.69 Å². The van der Waals surface area contributed by atoms with Crippen molar-refractivity contribution in [2.75, 3.05) is 20.7 Å². The van der Waals surface area contributed by atoms with Crippen molar-refractivity contribution in [3.8, 4) is 5.75 Å². The Hall–Kier alpha value is -1.62. The van der Waals surface area contributed by atoms with E-state index in [2.05, 4.69) is 4.98 Å². The summed E-state index contributed by atoms with van der Waals surface area (Å²) < 4.78 is 5.58. The molecule has 1 heterocycles. The Kier molecular flexibility index (Phi) is 4.07. The minimum Gasteiger partial charge on any atom is -0.492 e. The van der Waals surface area contributed by atoms with Crippen molar-refractivity contribution in [1.29, 1.82) is 0 Å². The number of hydrogen-bond acceptors (Lipinski definition) is 4. The molecule has 0 saturated heterocycles. The fraction of sp³-hybridized carbons (Fsp3) is 0.500. The quantitative estimate of drug-likeness (QED) is 0.842. The first-order valence-corrected chi connectivity index (χ1v) is 5.32. The number of ether oxygens (including phenoxy) is 1. The Morgan fingerprint density at radius 2 is 2.18 bits per heavy atom. The molecule has 0 fully saturated rings. The van der Waals surface area contributed by atoms with Gasteiger partial charge >= 0.3 is 5.97 Å². The molecule has 0 atom stereocenters. The normalized spacial score (nSPS) is 11.6. The molecule has 0 amide bonds. The minimum absolute atomic E-state index is 0.00911. The van der Waals surface area contributed by atoms with Gasteiger partial charge in [-0.2, -0.15) is 0 Å². The number of rotatable bonds is 5. The lowest BCUT2D eigenvalue weighted by Crippen LogP contribution is -2.43. The molecule has 5 heteroatoms. The second-order valence-corrected chi connectivity index (χ2v) is 4.68. The molecule has 0 aliphatic carbocycles. The van der Waals surface area contributed by atoms with Crippen molar-refractivity contribution in [3.05, 3.63) is 24.0 Å². The summed E-state index contributed by atoms with van der Waals surface area (Å²) in [4.78, 5) is 16.5. The van der Waals surface area contributed by atoms with Gasteiger partial charge in [0, 0.05) is 17.8 Å². The standard InChI is InChI=1S/C12H18N2O3/c1-12(2,14(3)4)8-17-9-5-6-13-10(7-9)11(15)16/h5-7H,8H2,1-4H3,(H,15,16). The highest BCUT2D eigenvalue weighted by molar-refractivity contribution is 5.85. The molecule has 94 valence electrons. The van der Waals surface area contributed by atoms with E-state index in [0.717, 1.165) is 0 Å². The first-order valence-electron chi connectivity index (χ1n) is 5.32. The third kappa shape index (κ3) is 3.71. The van der Waals surface area contributed by atoms with Crippen LogP contribution in [-0.4, -0.2) is 47.2 Å². The molecule has 0 aliphatic rings. The summed E-state index contributed by atoms with van der Waals surface area (Å²) >= 11 is 0. The average Bonchev–Trinajstić information content (AvgIpc) is 2.26. The predicted molar refractivity (Wildman–Crippen MR) is 64.5 cm³/mol. The minimum atomic E-state index is -1.05. The molecular weight excluding hydrogens is 220 g/mol. The summed E-state index contributed by atoms with van der Waals surface area (Å²) in [5.41, 5.74) is -0.128. The van der Waals surface area contributed by atoms with E-state index in [1.807, 2.05) is 32.8 Å². The number of hydrogen-bond donors (Lipinski definition) is 1. The molecule has 17 heavy (non-hydrogen) atoms. The Morgan fingerprint density at radius 3 is 2.71 bits per heavy atom. The van der Waals surface area contributed by atoms with Crippen LogP contribution < -0.4 is 4.74 Å². The molecule has 0 bridgehead atoms. The Bertz CT molecular complexity index is 402. The van der Waals surface area contributed by atoms with Crippen LogP contribution in [0, 0.1) is 0 Å². The molecular formula is C12H18N2O3. The van der Waals surface area contributed by atoms with Gasteiger partial charge in [-0.05, 0) is 34.0 Å². The lowest BCUT2D eigenvalue weighted by atomic mass is 10.1. The van der Waals surface area contributed by atoms with Crippen LogP contribution in [0.15, 0.2) is 18.3 Å². The zero-order valence-electron chi connectivity index (χ0n) is 10.6. The second kappa shape index (κ2) is 5.14. The van der Waals surface area contributed by atoms with E-state index in [-0.39, 0.29) is 11.2 Å². The number of carboxylic acid groups (broad SMARTS) is 1. The maximum Gasteiger partial charge on any atom is 0.354 e. The van der Waals surface area contributed by atoms with Gasteiger partial charge in [-0.25, -0.2) is 9.78 Å². The van der Waals surface area contributed by atoms with Gasteiger partial charge in [0.2, 0.25) is 0 Å². The lowest BCUT2D eigenvalue weighted by Gasteiger charge is -2.32. The predicted octanol–water partition coefficient (Wildman–Crippen LogP) is 1.50. The number of aromatic carboxylic acids is 1. The van der Waals surface area contributed by atoms with E-state index >= 15 is 0 Å². The van der Waals surface area contributed by atoms with Crippen molar-refractivity contribution in [3.63, 3.8) is 0 Å². The van der Waals surface area contributed by atoms with Crippen LogP contribution in [0.1, 0.15) is 24.3 Å². The summed E-state index contributed by atoms with van der Waals surface area (Å²) in [6.45, 7) is 4.57. The van der Waals surface area contributed by atoms with Crippen LogP contribution in [0.4, 0.5) is 0 Å². The van der Waals surface area contributed by atoms with Crippen LogP contribution in [0.3, 0.4) is 0 Å². The third-order valence-corrected chi connectivity index (χ3v) is 2.75. The van der Waals surface area contributed by atoms with E-state index in [1.165, 1.54) is 12.3 Å². The molecule has 0 spiro atoms. The zero-order valence-corrected chi connectivity index (χ0v) is 10.6. The lowest BCUT2D eigenvalue weighted by molar-refractivity contribution is 0.0689. The summed E-state index contributed by atoms with van der Waals surface area (Å²) in [6, 6.07) is 3.08. The van der Waals surface area contributed by atoms with Crippen LogP contribution in [-0.2, 0) is 0 Å². The first-order chi connectivity index (χ1) is 7.83. The molecule has 0 unspecified atom stereocenters. The van der Waals surface area contributed by atoms with Gasteiger partial charge in [0.05, 0.1) is 0 Å². The van der Waals surface area contributed by atoms with Crippen LogP contribution in [0.5, 0.6) is 5.75 Å². The fourth-order valence-corrected chi connectivity index (χ4v) is 1.01. The van der Waals surface area contributed by atoms with Crippen LogP contribution >= 0.6 is 0 Å². The van der Waals surface area contributed by atoms with Gasteiger partial charge in [-0.15, -0.1) is 0 Å². The van der Waals surface area contributed by atoms with Gasteiger partial charge in [-0.1, -0.05) is 0 Å². The highest BCUT2D eigenvalue weighted by atomic mass is 16.5. The number of aromatic nitrogens is 1. The zero-order chi connectivity index (χ0) is 13.1. The highest BCUT2D eigenvalue weighted by Crippen LogP contribution is 2.16. The second-order valence-electron chi connectivity index (χ2n) is 4.68. The van der Waals surface area contributed by atoms with Gasteiger partial charge in [0.1, 0.15) is 12.4 Å². The first kappa shape index (κ1) is 13.4. The van der Waals surface area contributed by atoms with Crippen LogP contribution in [0.2, 0.25) is 0 Å². The smallest absolute Gasteiger partial charge is 0.354 e. The largest absolute Gasteiger partial charge is 0.492 e. The van der Waals surface area contributed by atoms with Gasteiger partial charge in [0.25, 0.3) is 0 Å². The van der Waals surface area contributed by atoms with Crippen molar-refractivity contribution in [2.24, 2.45) is 0 Å². The molecule has 5 nitrogen and oxygen atoms in total. The molecule has 1 rings (SSSR count).